The van der Waals surface area contributed by atoms with E-state index in [1.165, 1.54) is 32.2 Å². The van der Waals surface area contributed by atoms with Gasteiger partial charge in [-0.15, -0.1) is 12.3 Å². The zero-order valence-electron chi connectivity index (χ0n) is 8.55. The van der Waals surface area contributed by atoms with Gasteiger partial charge in [-0.1, -0.05) is 6.42 Å². The second kappa shape index (κ2) is 3.35. The second-order valence-corrected chi connectivity index (χ2v) is 4.83. The predicted octanol–water partition coefficient (Wildman–Crippen LogP) is 2.27. The Labute approximate surface area is 81.5 Å². The van der Waals surface area contributed by atoms with Gasteiger partial charge in [0, 0.05) is 25.6 Å². The van der Waals surface area contributed by atoms with E-state index < -0.39 is 0 Å². The fourth-order valence-corrected chi connectivity index (χ4v) is 2.95. The highest BCUT2D eigenvalue weighted by atomic mass is 15.2. The third-order valence-corrected chi connectivity index (χ3v) is 3.85. The summed E-state index contributed by atoms with van der Waals surface area (Å²) in [5.74, 6) is 2.74. The second-order valence-electron chi connectivity index (χ2n) is 4.83. The number of likely N-dealkylation sites (tertiary alicyclic amines) is 1. The molecule has 1 heteroatoms. The SMILES string of the molecule is C#CCCN1CC2(CCC2)CC1C. The highest BCUT2D eigenvalue weighted by Gasteiger charge is 2.45. The van der Waals surface area contributed by atoms with Crippen LogP contribution in [0.1, 0.15) is 39.0 Å². The number of nitrogens with zero attached hydrogens (tertiary/aromatic N) is 1. The average Bonchev–Trinajstić information content (AvgIpc) is 2.39. The van der Waals surface area contributed by atoms with E-state index in [4.69, 9.17) is 6.42 Å². The van der Waals surface area contributed by atoms with Gasteiger partial charge in [-0.2, -0.15) is 0 Å². The summed E-state index contributed by atoms with van der Waals surface area (Å²) in [4.78, 5) is 2.58. The summed E-state index contributed by atoms with van der Waals surface area (Å²) in [7, 11) is 0. The molecule has 2 rings (SSSR count). The zero-order chi connectivity index (χ0) is 9.31. The summed E-state index contributed by atoms with van der Waals surface area (Å²) >= 11 is 0. The lowest BCUT2D eigenvalue weighted by atomic mass is 9.68. The topological polar surface area (TPSA) is 3.24 Å². The van der Waals surface area contributed by atoms with Crippen LogP contribution in [0.15, 0.2) is 0 Å². The largest absolute Gasteiger partial charge is 0.299 e. The molecule has 0 radical (unpaired) electrons. The molecule has 0 aromatic carbocycles. The molecule has 0 aromatic heterocycles. The minimum Gasteiger partial charge on any atom is -0.299 e. The predicted molar refractivity (Wildman–Crippen MR) is 55.4 cm³/mol. The Kier molecular flexibility index (Phi) is 2.34. The molecular weight excluding hydrogens is 158 g/mol. The standard InChI is InChI=1S/C12H19N/c1-3-4-8-13-10-12(6-5-7-12)9-11(13)2/h1,11H,4-10H2,2H3. The Hall–Kier alpha value is -0.480. The Morgan fingerprint density at radius 3 is 2.77 bits per heavy atom. The van der Waals surface area contributed by atoms with Gasteiger partial charge in [-0.05, 0) is 31.6 Å². The molecule has 1 nitrogen and oxygen atoms in total. The maximum atomic E-state index is 5.29. The molecule has 0 bridgehead atoms. The van der Waals surface area contributed by atoms with Crippen LogP contribution in [-0.2, 0) is 0 Å². The number of terminal acetylenes is 1. The first kappa shape index (κ1) is 9.09. The van der Waals surface area contributed by atoms with Crippen LogP contribution < -0.4 is 0 Å². The van der Waals surface area contributed by atoms with Crippen LogP contribution in [0.2, 0.25) is 0 Å². The summed E-state index contributed by atoms with van der Waals surface area (Å²) in [5, 5.41) is 0. The summed E-state index contributed by atoms with van der Waals surface area (Å²) in [6.45, 7) is 4.78. The van der Waals surface area contributed by atoms with Gasteiger partial charge >= 0.3 is 0 Å². The van der Waals surface area contributed by atoms with Crippen LogP contribution in [0.5, 0.6) is 0 Å². The molecule has 0 N–H and O–H groups in total. The Balaban J connectivity index is 1.89. The average molecular weight is 177 g/mol. The maximum absolute atomic E-state index is 5.29. The van der Waals surface area contributed by atoms with E-state index in [2.05, 4.69) is 17.7 Å². The van der Waals surface area contributed by atoms with Crippen molar-refractivity contribution in [3.63, 3.8) is 0 Å². The molecule has 1 heterocycles. The van der Waals surface area contributed by atoms with Crippen molar-refractivity contribution in [1.82, 2.24) is 4.90 Å². The molecule has 72 valence electrons. The van der Waals surface area contributed by atoms with Crippen LogP contribution >= 0.6 is 0 Å². The molecular formula is C12H19N. The first-order valence-electron chi connectivity index (χ1n) is 5.43. The summed E-state index contributed by atoms with van der Waals surface area (Å²) in [5.41, 5.74) is 0.716. The maximum Gasteiger partial charge on any atom is 0.0214 e. The van der Waals surface area contributed by atoms with Gasteiger partial charge in [0.05, 0.1) is 0 Å². The monoisotopic (exact) mass is 177 g/mol. The molecule has 1 aliphatic heterocycles. The minimum absolute atomic E-state index is 0.716. The first-order chi connectivity index (χ1) is 6.26. The number of rotatable bonds is 2. The minimum atomic E-state index is 0.716. The van der Waals surface area contributed by atoms with Crippen molar-refractivity contribution in [2.75, 3.05) is 13.1 Å². The van der Waals surface area contributed by atoms with Crippen molar-refractivity contribution in [3.05, 3.63) is 0 Å². The van der Waals surface area contributed by atoms with Crippen LogP contribution in [0.4, 0.5) is 0 Å². The van der Waals surface area contributed by atoms with Gasteiger partial charge in [0.15, 0.2) is 0 Å². The smallest absolute Gasteiger partial charge is 0.0214 e. The summed E-state index contributed by atoms with van der Waals surface area (Å²) in [6.07, 6.45) is 12.0. The van der Waals surface area contributed by atoms with Crippen LogP contribution in [0, 0.1) is 17.8 Å². The van der Waals surface area contributed by atoms with Gasteiger partial charge in [0.2, 0.25) is 0 Å². The molecule has 0 aromatic rings. The third kappa shape index (κ3) is 1.60. The van der Waals surface area contributed by atoms with E-state index in [0.29, 0.717) is 5.41 Å². The zero-order valence-corrected chi connectivity index (χ0v) is 8.55. The lowest BCUT2D eigenvalue weighted by molar-refractivity contribution is 0.139. The van der Waals surface area contributed by atoms with Gasteiger partial charge in [-0.25, -0.2) is 0 Å². The van der Waals surface area contributed by atoms with Gasteiger partial charge in [0.25, 0.3) is 0 Å². The number of hydrogen-bond acceptors (Lipinski definition) is 1. The molecule has 2 aliphatic rings. The fraction of sp³-hybridized carbons (Fsp3) is 0.833. The molecule has 1 spiro atoms. The highest BCUT2D eigenvalue weighted by Crippen LogP contribution is 2.50. The fourth-order valence-electron chi connectivity index (χ4n) is 2.95. The highest BCUT2D eigenvalue weighted by molar-refractivity contribution is 5.00. The van der Waals surface area contributed by atoms with Crippen molar-refractivity contribution in [2.45, 2.75) is 45.1 Å². The van der Waals surface area contributed by atoms with Crippen LogP contribution in [0.3, 0.4) is 0 Å². The van der Waals surface area contributed by atoms with Crippen molar-refractivity contribution in [1.29, 1.82) is 0 Å². The van der Waals surface area contributed by atoms with Crippen LogP contribution in [0.25, 0.3) is 0 Å². The van der Waals surface area contributed by atoms with E-state index in [0.717, 1.165) is 19.0 Å². The molecule has 1 unspecified atom stereocenters. The van der Waals surface area contributed by atoms with E-state index in [1.807, 2.05) is 0 Å². The molecule has 1 saturated heterocycles. The van der Waals surface area contributed by atoms with Crippen LogP contribution in [-0.4, -0.2) is 24.0 Å². The normalized spacial score (nSPS) is 31.5. The Bertz CT molecular complexity index is 222. The molecule has 1 aliphatic carbocycles. The van der Waals surface area contributed by atoms with Crippen molar-refractivity contribution in [2.24, 2.45) is 5.41 Å². The molecule has 0 amide bonds. The lowest BCUT2D eigenvalue weighted by Crippen LogP contribution is -2.34. The lowest BCUT2D eigenvalue weighted by Gasteiger charge is -2.38. The van der Waals surface area contributed by atoms with Gasteiger partial charge < -0.3 is 0 Å². The summed E-state index contributed by atoms with van der Waals surface area (Å²) in [6, 6.07) is 0.772. The van der Waals surface area contributed by atoms with Gasteiger partial charge in [0.1, 0.15) is 0 Å². The molecule has 13 heavy (non-hydrogen) atoms. The molecule has 2 fully saturated rings. The third-order valence-electron chi connectivity index (χ3n) is 3.85. The van der Waals surface area contributed by atoms with E-state index in [9.17, 15) is 0 Å². The Morgan fingerprint density at radius 1 is 1.54 bits per heavy atom. The quantitative estimate of drug-likeness (QED) is 0.585. The van der Waals surface area contributed by atoms with Gasteiger partial charge in [-0.3, -0.25) is 4.90 Å². The summed E-state index contributed by atoms with van der Waals surface area (Å²) < 4.78 is 0. The molecule has 1 atom stereocenters. The molecule has 1 saturated carbocycles. The Morgan fingerprint density at radius 2 is 2.31 bits per heavy atom. The van der Waals surface area contributed by atoms with E-state index >= 15 is 0 Å². The van der Waals surface area contributed by atoms with Crippen molar-refractivity contribution in [3.8, 4) is 12.3 Å². The number of hydrogen-bond donors (Lipinski definition) is 0. The first-order valence-corrected chi connectivity index (χ1v) is 5.43. The van der Waals surface area contributed by atoms with Crippen molar-refractivity contribution < 1.29 is 0 Å². The van der Waals surface area contributed by atoms with Crippen molar-refractivity contribution >= 4 is 0 Å². The van der Waals surface area contributed by atoms with E-state index in [1.54, 1.807) is 0 Å². The van der Waals surface area contributed by atoms with E-state index in [-0.39, 0.29) is 0 Å².